The molecule has 0 saturated heterocycles. The number of allylic oxidation sites excluding steroid dienone is 2. The molecule has 0 atom stereocenters. The molecule has 0 bridgehead atoms. The average molecular weight is 205 g/mol. The molecule has 0 fully saturated rings. The molecule has 0 spiro atoms. The number of rotatable bonds is 2. The summed E-state index contributed by atoms with van der Waals surface area (Å²) >= 11 is 2.81. The standard InChI is InChI=1S/C6H9NO2Se/c8-7(9)6-3-1-2-5(6)4-10/h10H,1-4H2/p-1. The van der Waals surface area contributed by atoms with Crippen molar-refractivity contribution in [1.29, 1.82) is 0 Å². The molecule has 0 radical (unpaired) electrons. The van der Waals surface area contributed by atoms with Gasteiger partial charge in [-0.3, -0.25) is 0 Å². The molecule has 10 heavy (non-hydrogen) atoms. The summed E-state index contributed by atoms with van der Waals surface area (Å²) in [5.74, 6) is 0. The van der Waals surface area contributed by atoms with Crippen LogP contribution in [-0.4, -0.2) is 20.9 Å². The molecule has 0 heterocycles. The Kier molecular flexibility index (Phi) is 2.46. The monoisotopic (exact) mass is 206 g/mol. The third kappa shape index (κ3) is 1.39. The maximum absolute atomic E-state index is 10.3. The van der Waals surface area contributed by atoms with Crippen molar-refractivity contribution in [2.24, 2.45) is 0 Å². The van der Waals surface area contributed by atoms with Crippen LogP contribution in [0.5, 0.6) is 0 Å². The predicted octanol–water partition coefficient (Wildman–Crippen LogP) is 1.29. The topological polar surface area (TPSA) is 43.1 Å². The third-order valence-corrected chi connectivity index (χ3v) is 2.43. The first-order valence-electron chi connectivity index (χ1n) is 3.19. The van der Waals surface area contributed by atoms with E-state index in [-0.39, 0.29) is 4.92 Å². The average Bonchev–Trinajstić information content (AvgIpc) is 2.33. The molecule has 4 heteroatoms. The minimum absolute atomic E-state index is 0.250. The van der Waals surface area contributed by atoms with Crippen LogP contribution < -0.4 is 0 Å². The van der Waals surface area contributed by atoms with E-state index in [2.05, 4.69) is 16.0 Å². The Labute approximate surface area is 67.5 Å². The van der Waals surface area contributed by atoms with Gasteiger partial charge in [0.2, 0.25) is 0 Å². The summed E-state index contributed by atoms with van der Waals surface area (Å²) in [6.07, 6.45) is 2.51. The Bertz CT molecular complexity index is 188. The van der Waals surface area contributed by atoms with E-state index in [0.717, 1.165) is 23.7 Å². The van der Waals surface area contributed by atoms with Crippen LogP contribution in [0.2, 0.25) is 5.32 Å². The zero-order valence-corrected chi connectivity index (χ0v) is 7.21. The molecule has 1 rings (SSSR count). The molecule has 0 aliphatic heterocycles. The van der Waals surface area contributed by atoms with E-state index in [0.29, 0.717) is 12.1 Å². The van der Waals surface area contributed by atoms with E-state index in [1.54, 1.807) is 0 Å². The molecule has 0 amide bonds. The van der Waals surface area contributed by atoms with E-state index in [4.69, 9.17) is 0 Å². The summed E-state index contributed by atoms with van der Waals surface area (Å²) in [5.41, 5.74) is 1.43. The molecule has 1 aliphatic carbocycles. The molecule has 0 saturated carbocycles. The number of nitrogens with zero attached hydrogens (tertiary/aromatic N) is 1. The maximum atomic E-state index is 10.3. The Hall–Kier alpha value is -0.341. The van der Waals surface area contributed by atoms with Gasteiger partial charge in [-0.1, -0.05) is 0 Å². The van der Waals surface area contributed by atoms with Crippen molar-refractivity contribution in [1.82, 2.24) is 0 Å². The van der Waals surface area contributed by atoms with Crippen LogP contribution in [0.4, 0.5) is 0 Å². The first-order valence-corrected chi connectivity index (χ1v) is 4.40. The second kappa shape index (κ2) is 3.17. The normalized spacial score (nSPS) is 18.1. The molecule has 0 N–H and O–H groups in total. The van der Waals surface area contributed by atoms with E-state index < -0.39 is 0 Å². The second-order valence-electron chi connectivity index (χ2n) is 2.31. The molecule has 1 aliphatic rings. The van der Waals surface area contributed by atoms with Crippen molar-refractivity contribution in [3.05, 3.63) is 21.4 Å². The third-order valence-electron chi connectivity index (χ3n) is 1.69. The van der Waals surface area contributed by atoms with Gasteiger partial charge in [0.1, 0.15) is 0 Å². The zero-order valence-electron chi connectivity index (χ0n) is 5.50. The second-order valence-corrected chi connectivity index (χ2v) is 2.91. The van der Waals surface area contributed by atoms with E-state index in [9.17, 15) is 10.1 Å². The molecule has 0 aromatic carbocycles. The summed E-state index contributed by atoms with van der Waals surface area (Å²) in [4.78, 5) is 10.1. The van der Waals surface area contributed by atoms with Gasteiger partial charge < -0.3 is 0 Å². The van der Waals surface area contributed by atoms with Gasteiger partial charge in [-0.15, -0.1) is 0 Å². The van der Waals surface area contributed by atoms with Gasteiger partial charge in [-0.25, -0.2) is 0 Å². The summed E-state index contributed by atoms with van der Waals surface area (Å²) in [7, 11) is 0. The van der Waals surface area contributed by atoms with Gasteiger partial charge in [-0.05, 0) is 0 Å². The Balaban J connectivity index is 2.78. The SMILES string of the molecule is O=[N+]([O-])C1=C(C[Se-])CCC1. The first kappa shape index (κ1) is 7.76. The van der Waals surface area contributed by atoms with Gasteiger partial charge in [0.05, 0.1) is 0 Å². The van der Waals surface area contributed by atoms with Crippen molar-refractivity contribution in [3.63, 3.8) is 0 Å². The van der Waals surface area contributed by atoms with Crippen LogP contribution in [0, 0.1) is 10.1 Å². The van der Waals surface area contributed by atoms with Gasteiger partial charge >= 0.3 is 66.9 Å². The van der Waals surface area contributed by atoms with Crippen LogP contribution in [0.15, 0.2) is 11.3 Å². The fraction of sp³-hybridized carbons (Fsp3) is 0.667. The summed E-state index contributed by atoms with van der Waals surface area (Å²) in [6, 6.07) is 0. The van der Waals surface area contributed by atoms with E-state index in [1.165, 1.54) is 0 Å². The summed E-state index contributed by atoms with van der Waals surface area (Å²) in [6.45, 7) is 0. The van der Waals surface area contributed by atoms with Crippen molar-refractivity contribution >= 4 is 16.0 Å². The molecule has 3 nitrogen and oxygen atoms in total. The molecule has 0 aromatic rings. The fourth-order valence-corrected chi connectivity index (χ4v) is 1.82. The number of nitro groups is 1. The van der Waals surface area contributed by atoms with Crippen molar-refractivity contribution < 1.29 is 4.92 Å². The van der Waals surface area contributed by atoms with Crippen LogP contribution in [-0.2, 0) is 0 Å². The number of hydrogen-bond donors (Lipinski definition) is 0. The van der Waals surface area contributed by atoms with Crippen LogP contribution in [0.1, 0.15) is 19.3 Å². The van der Waals surface area contributed by atoms with Crippen molar-refractivity contribution in [2.75, 3.05) is 0 Å². The first-order chi connectivity index (χ1) is 4.75. The molecular weight excluding hydrogens is 197 g/mol. The van der Waals surface area contributed by atoms with Crippen LogP contribution in [0.25, 0.3) is 0 Å². The Morgan fingerprint density at radius 2 is 2.30 bits per heavy atom. The summed E-state index contributed by atoms with van der Waals surface area (Å²) in [5, 5.41) is 11.0. The van der Waals surface area contributed by atoms with E-state index >= 15 is 0 Å². The molecule has 56 valence electrons. The van der Waals surface area contributed by atoms with Crippen LogP contribution >= 0.6 is 0 Å². The van der Waals surface area contributed by atoms with Gasteiger partial charge in [0.25, 0.3) is 0 Å². The molecule has 0 unspecified atom stereocenters. The quantitative estimate of drug-likeness (QED) is 0.387. The van der Waals surface area contributed by atoms with Crippen molar-refractivity contribution in [3.8, 4) is 0 Å². The minimum atomic E-state index is -0.250. The Morgan fingerprint density at radius 3 is 2.70 bits per heavy atom. The van der Waals surface area contributed by atoms with Gasteiger partial charge in [0, 0.05) is 0 Å². The van der Waals surface area contributed by atoms with Gasteiger partial charge in [-0.2, -0.15) is 0 Å². The Morgan fingerprint density at radius 1 is 1.60 bits per heavy atom. The fourth-order valence-electron chi connectivity index (χ4n) is 1.17. The van der Waals surface area contributed by atoms with Crippen LogP contribution in [0.3, 0.4) is 0 Å². The molecular formula is C6H8NO2Se-. The predicted molar refractivity (Wildman–Crippen MR) is 38.4 cm³/mol. The van der Waals surface area contributed by atoms with E-state index in [1.807, 2.05) is 0 Å². The summed E-state index contributed by atoms with van der Waals surface area (Å²) < 4.78 is 0. The molecule has 0 aromatic heterocycles. The van der Waals surface area contributed by atoms with Crippen molar-refractivity contribution in [2.45, 2.75) is 24.6 Å². The van der Waals surface area contributed by atoms with Gasteiger partial charge in [0.15, 0.2) is 0 Å². The zero-order chi connectivity index (χ0) is 7.56. The number of hydrogen-bond acceptors (Lipinski definition) is 2.